The molecule has 0 spiro atoms. The molecule has 1 saturated carbocycles. The van der Waals surface area contributed by atoms with E-state index in [9.17, 15) is 4.79 Å². The number of hydrogen-bond acceptors (Lipinski definition) is 2. The van der Waals surface area contributed by atoms with Gasteiger partial charge in [0.15, 0.2) is 0 Å². The quantitative estimate of drug-likeness (QED) is 0.821. The Kier molecular flexibility index (Phi) is 4.43. The number of nitrogens with one attached hydrogen (secondary N) is 1. The largest absolute Gasteiger partial charge is 0.376 e. The molecule has 3 heteroatoms. The van der Waals surface area contributed by atoms with E-state index in [2.05, 4.69) is 12.2 Å². The molecule has 1 amide bonds. The predicted molar refractivity (Wildman–Crippen MR) is 67.7 cm³/mol. The summed E-state index contributed by atoms with van der Waals surface area (Å²) in [6, 6.07) is 0.242. The first-order valence-corrected chi connectivity index (χ1v) is 7.12. The van der Waals surface area contributed by atoms with Gasteiger partial charge >= 0.3 is 0 Å². The number of rotatable bonds is 3. The van der Waals surface area contributed by atoms with E-state index in [0.29, 0.717) is 0 Å². The molecule has 0 aromatic heterocycles. The monoisotopic (exact) mass is 239 g/mol. The van der Waals surface area contributed by atoms with Crippen LogP contribution in [0.5, 0.6) is 0 Å². The van der Waals surface area contributed by atoms with Crippen LogP contribution in [0.25, 0.3) is 0 Å². The van der Waals surface area contributed by atoms with E-state index >= 15 is 0 Å². The predicted octanol–water partition coefficient (Wildman–Crippen LogP) is 2.50. The van der Waals surface area contributed by atoms with Crippen molar-refractivity contribution in [1.82, 2.24) is 5.32 Å². The van der Waals surface area contributed by atoms with E-state index < -0.39 is 0 Å². The highest BCUT2D eigenvalue weighted by Gasteiger charge is 2.30. The Labute approximate surface area is 104 Å². The fourth-order valence-electron chi connectivity index (χ4n) is 3.05. The van der Waals surface area contributed by atoms with Crippen LogP contribution < -0.4 is 5.32 Å². The third-order valence-corrected chi connectivity index (χ3v) is 4.50. The summed E-state index contributed by atoms with van der Waals surface area (Å²) in [6.07, 6.45) is 7.03. The molecular weight excluding hydrogens is 214 g/mol. The van der Waals surface area contributed by atoms with Gasteiger partial charge in [-0.15, -0.1) is 0 Å². The first-order valence-electron chi connectivity index (χ1n) is 7.12. The summed E-state index contributed by atoms with van der Waals surface area (Å²) in [4.78, 5) is 12.1. The summed E-state index contributed by atoms with van der Waals surface area (Å²) in [6.45, 7) is 5.09. The van der Waals surface area contributed by atoms with Crippen molar-refractivity contribution in [2.75, 3.05) is 6.61 Å². The van der Waals surface area contributed by atoms with Crippen LogP contribution in [0.3, 0.4) is 0 Å². The fourth-order valence-corrected chi connectivity index (χ4v) is 3.05. The Balaban J connectivity index is 1.77. The third-order valence-electron chi connectivity index (χ3n) is 4.50. The zero-order chi connectivity index (χ0) is 12.3. The minimum absolute atomic E-state index is 0.186. The van der Waals surface area contributed by atoms with Gasteiger partial charge in [0.2, 0.25) is 5.91 Å². The summed E-state index contributed by atoms with van der Waals surface area (Å²) < 4.78 is 5.47. The third kappa shape index (κ3) is 3.21. The Hall–Kier alpha value is -0.570. The molecule has 1 aliphatic carbocycles. The second-order valence-electron chi connectivity index (χ2n) is 5.61. The molecule has 17 heavy (non-hydrogen) atoms. The van der Waals surface area contributed by atoms with Crippen molar-refractivity contribution in [2.24, 2.45) is 11.8 Å². The van der Waals surface area contributed by atoms with Crippen molar-refractivity contribution in [2.45, 2.75) is 64.5 Å². The maximum atomic E-state index is 12.1. The van der Waals surface area contributed by atoms with E-state index in [-0.39, 0.29) is 24.0 Å². The molecule has 98 valence electrons. The number of hydrogen-bond donors (Lipinski definition) is 1. The van der Waals surface area contributed by atoms with Crippen LogP contribution in [0.1, 0.15) is 52.4 Å². The smallest absolute Gasteiger partial charge is 0.223 e. The van der Waals surface area contributed by atoms with Crippen LogP contribution in [0, 0.1) is 11.8 Å². The highest BCUT2D eigenvalue weighted by Crippen LogP contribution is 2.31. The highest BCUT2D eigenvalue weighted by molar-refractivity contribution is 5.79. The van der Waals surface area contributed by atoms with Gasteiger partial charge in [-0.2, -0.15) is 0 Å². The minimum atomic E-state index is 0.186. The van der Waals surface area contributed by atoms with E-state index in [4.69, 9.17) is 4.74 Å². The average Bonchev–Trinajstić information content (AvgIpc) is 2.75. The van der Waals surface area contributed by atoms with Gasteiger partial charge in [0, 0.05) is 12.5 Å². The van der Waals surface area contributed by atoms with Crippen molar-refractivity contribution < 1.29 is 9.53 Å². The topological polar surface area (TPSA) is 38.3 Å². The van der Waals surface area contributed by atoms with Crippen LogP contribution in [-0.4, -0.2) is 24.7 Å². The second-order valence-corrected chi connectivity index (χ2v) is 5.61. The van der Waals surface area contributed by atoms with Gasteiger partial charge in [0.25, 0.3) is 0 Å². The highest BCUT2D eigenvalue weighted by atomic mass is 16.5. The van der Waals surface area contributed by atoms with Crippen molar-refractivity contribution in [3.8, 4) is 0 Å². The van der Waals surface area contributed by atoms with E-state index in [0.717, 1.165) is 31.8 Å². The van der Waals surface area contributed by atoms with Crippen LogP contribution in [0.4, 0.5) is 0 Å². The van der Waals surface area contributed by atoms with E-state index in [1.165, 1.54) is 19.3 Å². The number of ether oxygens (including phenoxy) is 1. The Bertz CT molecular complexity index is 259. The summed E-state index contributed by atoms with van der Waals surface area (Å²) in [7, 11) is 0. The molecule has 3 nitrogen and oxygen atoms in total. The molecule has 0 aromatic rings. The lowest BCUT2D eigenvalue weighted by Gasteiger charge is -2.28. The molecule has 2 atom stereocenters. The Morgan fingerprint density at radius 1 is 1.24 bits per heavy atom. The van der Waals surface area contributed by atoms with E-state index in [1.54, 1.807) is 0 Å². The van der Waals surface area contributed by atoms with Crippen molar-refractivity contribution in [3.63, 3.8) is 0 Å². The molecule has 1 N–H and O–H groups in total. The van der Waals surface area contributed by atoms with Gasteiger partial charge in [0.05, 0.1) is 12.1 Å². The van der Waals surface area contributed by atoms with Gasteiger partial charge < -0.3 is 10.1 Å². The standard InChI is InChI=1S/C14H25NO2/c1-3-11-4-6-12(7-5-11)14(16)15-13-8-9-17-10(13)2/h10-13H,3-9H2,1-2H3,(H,15,16)/t10-,11?,12?,13-/m1/s1. The summed E-state index contributed by atoms with van der Waals surface area (Å²) >= 11 is 0. The number of amides is 1. The molecule has 1 saturated heterocycles. The van der Waals surface area contributed by atoms with Gasteiger partial charge in [-0.05, 0) is 44.9 Å². The zero-order valence-corrected chi connectivity index (χ0v) is 11.1. The lowest BCUT2D eigenvalue weighted by Crippen LogP contribution is -2.43. The van der Waals surface area contributed by atoms with Crippen LogP contribution in [-0.2, 0) is 9.53 Å². The SMILES string of the molecule is CCC1CCC(C(=O)N[C@@H]2CCO[C@@H]2C)CC1. The van der Waals surface area contributed by atoms with Crippen LogP contribution in [0.2, 0.25) is 0 Å². The van der Waals surface area contributed by atoms with Crippen molar-refractivity contribution in [1.29, 1.82) is 0 Å². The van der Waals surface area contributed by atoms with Gasteiger partial charge in [0.1, 0.15) is 0 Å². The maximum absolute atomic E-state index is 12.1. The van der Waals surface area contributed by atoms with Gasteiger partial charge in [-0.3, -0.25) is 4.79 Å². The summed E-state index contributed by atoms with van der Waals surface area (Å²) in [5, 5.41) is 3.17. The molecular formula is C14H25NO2. The molecule has 1 aliphatic heterocycles. The summed E-state index contributed by atoms with van der Waals surface area (Å²) in [5.41, 5.74) is 0. The molecule has 2 aliphatic rings. The average molecular weight is 239 g/mol. The number of carbonyl (C=O) groups is 1. The molecule has 0 bridgehead atoms. The normalized spacial score (nSPS) is 38.0. The second kappa shape index (κ2) is 5.85. The van der Waals surface area contributed by atoms with Crippen molar-refractivity contribution in [3.05, 3.63) is 0 Å². The molecule has 2 rings (SSSR count). The van der Waals surface area contributed by atoms with Gasteiger partial charge in [-0.25, -0.2) is 0 Å². The summed E-state index contributed by atoms with van der Waals surface area (Å²) in [5.74, 6) is 1.38. The molecule has 0 unspecified atom stereocenters. The molecule has 0 radical (unpaired) electrons. The molecule has 1 heterocycles. The lowest BCUT2D eigenvalue weighted by atomic mass is 9.80. The lowest BCUT2D eigenvalue weighted by molar-refractivity contribution is -0.127. The maximum Gasteiger partial charge on any atom is 0.223 e. The Morgan fingerprint density at radius 2 is 1.94 bits per heavy atom. The van der Waals surface area contributed by atoms with E-state index in [1.807, 2.05) is 6.92 Å². The first-order chi connectivity index (χ1) is 8.20. The molecule has 0 aromatic carbocycles. The van der Waals surface area contributed by atoms with Crippen LogP contribution >= 0.6 is 0 Å². The fraction of sp³-hybridized carbons (Fsp3) is 0.929. The van der Waals surface area contributed by atoms with Gasteiger partial charge in [-0.1, -0.05) is 13.3 Å². The minimum Gasteiger partial charge on any atom is -0.376 e. The number of carbonyl (C=O) groups excluding carboxylic acids is 1. The first kappa shape index (κ1) is 12.9. The zero-order valence-electron chi connectivity index (χ0n) is 11.1. The van der Waals surface area contributed by atoms with Crippen molar-refractivity contribution >= 4 is 5.91 Å². The Morgan fingerprint density at radius 3 is 2.47 bits per heavy atom. The van der Waals surface area contributed by atoms with Crippen LogP contribution in [0.15, 0.2) is 0 Å². The molecule has 2 fully saturated rings.